The van der Waals surface area contributed by atoms with E-state index < -0.39 is 9.84 Å². The molecular weight excluding hydrogens is 348 g/mol. The van der Waals surface area contributed by atoms with Gasteiger partial charge in [0.2, 0.25) is 5.91 Å². The van der Waals surface area contributed by atoms with Gasteiger partial charge in [-0.1, -0.05) is 23.7 Å². The molecule has 24 heavy (non-hydrogen) atoms. The van der Waals surface area contributed by atoms with Crippen LogP contribution in [0.5, 0.6) is 0 Å². The third kappa shape index (κ3) is 4.10. The Bertz CT molecular complexity index is 731. The maximum Gasteiger partial charge on any atom is 0.221 e. The Morgan fingerprint density at radius 1 is 1.42 bits per heavy atom. The molecule has 1 N–H and O–H groups in total. The van der Waals surface area contributed by atoms with Crippen molar-refractivity contribution in [1.29, 1.82) is 0 Å². The Hall–Kier alpha value is -1.11. The fourth-order valence-electron chi connectivity index (χ4n) is 3.31. The highest BCUT2D eigenvalue weighted by Gasteiger charge is 2.45. The van der Waals surface area contributed by atoms with Crippen LogP contribution in [0.1, 0.15) is 31.2 Å². The van der Waals surface area contributed by atoms with Gasteiger partial charge < -0.3 is 10.2 Å². The van der Waals surface area contributed by atoms with Crippen LogP contribution in [0.15, 0.2) is 24.3 Å². The molecule has 1 atom stereocenters. The molecule has 2 fully saturated rings. The molecule has 3 rings (SSSR count). The zero-order valence-corrected chi connectivity index (χ0v) is 15.4. The summed E-state index contributed by atoms with van der Waals surface area (Å²) < 4.78 is 23.1. The molecule has 1 amide bonds. The van der Waals surface area contributed by atoms with E-state index in [1.807, 2.05) is 36.2 Å². The quantitative estimate of drug-likeness (QED) is 0.831. The molecule has 0 radical (unpaired) electrons. The van der Waals surface area contributed by atoms with E-state index in [9.17, 15) is 13.2 Å². The third-order valence-electron chi connectivity index (χ3n) is 5.03. The molecule has 5 nitrogen and oxygen atoms in total. The second-order valence-electron chi connectivity index (χ2n) is 6.93. The molecule has 1 saturated carbocycles. The van der Waals surface area contributed by atoms with E-state index >= 15 is 0 Å². The summed E-state index contributed by atoms with van der Waals surface area (Å²) in [6.45, 7) is 0.567. The van der Waals surface area contributed by atoms with Gasteiger partial charge in [0.1, 0.15) is 0 Å². The summed E-state index contributed by atoms with van der Waals surface area (Å²) in [7, 11) is -1.00. The molecule has 1 aliphatic heterocycles. The highest BCUT2D eigenvalue weighted by Crippen LogP contribution is 2.46. The van der Waals surface area contributed by atoms with Gasteiger partial charge in [-0.05, 0) is 44.0 Å². The zero-order chi connectivity index (χ0) is 17.4. The van der Waals surface area contributed by atoms with Crippen LogP contribution in [-0.4, -0.2) is 50.4 Å². The molecule has 1 aromatic carbocycles. The first kappa shape index (κ1) is 17.7. The molecule has 0 spiro atoms. The third-order valence-corrected chi connectivity index (χ3v) is 7.01. The minimum Gasteiger partial charge on any atom is -0.347 e. The van der Waals surface area contributed by atoms with Crippen LogP contribution < -0.4 is 5.32 Å². The number of halogens is 1. The van der Waals surface area contributed by atoms with E-state index in [2.05, 4.69) is 5.32 Å². The van der Waals surface area contributed by atoms with E-state index in [0.29, 0.717) is 24.4 Å². The summed E-state index contributed by atoms with van der Waals surface area (Å²) in [4.78, 5) is 14.3. The first-order chi connectivity index (χ1) is 11.3. The van der Waals surface area contributed by atoms with Crippen molar-refractivity contribution in [2.24, 2.45) is 0 Å². The van der Waals surface area contributed by atoms with Crippen LogP contribution in [0.2, 0.25) is 5.02 Å². The van der Waals surface area contributed by atoms with Crippen LogP contribution in [0.25, 0.3) is 0 Å². The van der Waals surface area contributed by atoms with Crippen molar-refractivity contribution in [3.63, 3.8) is 0 Å². The Morgan fingerprint density at radius 2 is 2.17 bits per heavy atom. The van der Waals surface area contributed by atoms with Crippen molar-refractivity contribution in [2.45, 2.75) is 37.3 Å². The first-order valence-electron chi connectivity index (χ1n) is 8.27. The molecule has 7 heteroatoms. The molecule has 1 aromatic rings. The van der Waals surface area contributed by atoms with Gasteiger partial charge in [0.15, 0.2) is 9.84 Å². The van der Waals surface area contributed by atoms with Gasteiger partial charge in [-0.15, -0.1) is 0 Å². The molecule has 132 valence electrons. The summed E-state index contributed by atoms with van der Waals surface area (Å²) in [6.07, 6.45) is 2.88. The summed E-state index contributed by atoms with van der Waals surface area (Å²) in [5.41, 5.74) is 0.788. The lowest BCUT2D eigenvalue weighted by molar-refractivity contribution is -0.122. The van der Waals surface area contributed by atoms with E-state index in [0.717, 1.165) is 18.4 Å². The van der Waals surface area contributed by atoms with E-state index in [4.69, 9.17) is 11.6 Å². The van der Waals surface area contributed by atoms with Crippen LogP contribution >= 0.6 is 11.6 Å². The van der Waals surface area contributed by atoms with Crippen LogP contribution in [0.3, 0.4) is 0 Å². The molecule has 0 bridgehead atoms. The number of benzene rings is 1. The Labute approximate surface area is 148 Å². The number of amides is 1. The normalized spacial score (nSPS) is 24.0. The predicted octanol–water partition coefficient (Wildman–Crippen LogP) is 1.95. The largest absolute Gasteiger partial charge is 0.347 e. The minimum absolute atomic E-state index is 0.000166. The van der Waals surface area contributed by atoms with Crippen LogP contribution in [-0.2, 0) is 20.2 Å². The van der Waals surface area contributed by atoms with Crippen molar-refractivity contribution >= 4 is 27.3 Å². The summed E-state index contributed by atoms with van der Waals surface area (Å²) in [5.74, 6) is 0.462. The van der Waals surface area contributed by atoms with Crippen molar-refractivity contribution in [1.82, 2.24) is 10.2 Å². The average Bonchev–Trinajstić information content (AvgIpc) is 3.21. The molecule has 1 unspecified atom stereocenters. The number of carbonyl (C=O) groups excluding carboxylic acids is 1. The number of hydrogen-bond donors (Lipinski definition) is 1. The van der Waals surface area contributed by atoms with Crippen LogP contribution in [0, 0.1) is 0 Å². The zero-order valence-electron chi connectivity index (χ0n) is 13.8. The van der Waals surface area contributed by atoms with Crippen LogP contribution in [0.4, 0.5) is 0 Å². The average molecular weight is 371 g/mol. The van der Waals surface area contributed by atoms with Gasteiger partial charge in [-0.3, -0.25) is 4.79 Å². The number of nitrogens with zero attached hydrogens (tertiary/aromatic N) is 1. The van der Waals surface area contributed by atoms with Crippen molar-refractivity contribution in [2.75, 3.05) is 25.1 Å². The molecule has 1 heterocycles. The minimum atomic E-state index is -2.89. The van der Waals surface area contributed by atoms with Gasteiger partial charge in [0.25, 0.3) is 0 Å². The van der Waals surface area contributed by atoms with Crippen molar-refractivity contribution in [3.8, 4) is 0 Å². The monoisotopic (exact) mass is 370 g/mol. The topological polar surface area (TPSA) is 66.5 Å². The standard InChI is InChI=1S/C17H23ClN2O3S/c1-20(15-6-10-24(22,23)12-15)9-5-16(21)19-17(7-8-17)13-3-2-4-14(18)11-13/h2-4,11,15H,5-10,12H2,1H3,(H,19,21). The Morgan fingerprint density at radius 3 is 2.75 bits per heavy atom. The van der Waals surface area contributed by atoms with Crippen molar-refractivity contribution in [3.05, 3.63) is 34.9 Å². The lowest BCUT2D eigenvalue weighted by Crippen LogP contribution is -2.39. The number of carbonyl (C=O) groups is 1. The lowest BCUT2D eigenvalue weighted by Gasteiger charge is -2.24. The van der Waals surface area contributed by atoms with Crippen molar-refractivity contribution < 1.29 is 13.2 Å². The second-order valence-corrected chi connectivity index (χ2v) is 9.59. The fraction of sp³-hybridized carbons (Fsp3) is 0.588. The van der Waals surface area contributed by atoms with Gasteiger partial charge >= 0.3 is 0 Å². The van der Waals surface area contributed by atoms with Gasteiger partial charge in [-0.25, -0.2) is 8.42 Å². The highest BCUT2D eigenvalue weighted by molar-refractivity contribution is 7.91. The van der Waals surface area contributed by atoms with E-state index in [-0.39, 0.29) is 29.0 Å². The van der Waals surface area contributed by atoms with Gasteiger partial charge in [-0.2, -0.15) is 0 Å². The Kier molecular flexibility index (Phi) is 4.91. The highest BCUT2D eigenvalue weighted by atomic mass is 35.5. The van der Waals surface area contributed by atoms with Gasteiger partial charge in [0, 0.05) is 24.0 Å². The molecule has 0 aromatic heterocycles. The van der Waals surface area contributed by atoms with E-state index in [1.165, 1.54) is 0 Å². The molecule has 2 aliphatic rings. The number of rotatable bonds is 6. The number of nitrogens with one attached hydrogen (secondary N) is 1. The van der Waals surface area contributed by atoms with Gasteiger partial charge in [0.05, 0.1) is 17.0 Å². The fourth-order valence-corrected chi connectivity index (χ4v) is 5.31. The smallest absolute Gasteiger partial charge is 0.221 e. The molecule has 1 saturated heterocycles. The summed E-state index contributed by atoms with van der Waals surface area (Å²) in [6, 6.07) is 7.66. The Balaban J connectivity index is 1.51. The summed E-state index contributed by atoms with van der Waals surface area (Å²) in [5, 5.41) is 3.81. The first-order valence-corrected chi connectivity index (χ1v) is 10.5. The summed E-state index contributed by atoms with van der Waals surface area (Å²) >= 11 is 6.05. The second kappa shape index (κ2) is 6.65. The maximum atomic E-state index is 12.3. The lowest BCUT2D eigenvalue weighted by atomic mass is 10.0. The predicted molar refractivity (Wildman–Crippen MR) is 94.8 cm³/mol. The SMILES string of the molecule is CN(CCC(=O)NC1(c2cccc(Cl)c2)CC1)C1CCS(=O)(=O)C1. The maximum absolute atomic E-state index is 12.3. The van der Waals surface area contributed by atoms with E-state index in [1.54, 1.807) is 0 Å². The number of hydrogen-bond acceptors (Lipinski definition) is 4. The molecule has 1 aliphatic carbocycles. The number of sulfone groups is 1. The molecular formula is C17H23ClN2O3S.